The van der Waals surface area contributed by atoms with Crippen molar-refractivity contribution in [2.75, 3.05) is 13.1 Å². The van der Waals surface area contributed by atoms with Gasteiger partial charge in [0.2, 0.25) is 0 Å². The molecule has 0 bridgehead atoms. The van der Waals surface area contributed by atoms with Crippen molar-refractivity contribution >= 4 is 29.3 Å². The molecule has 0 atom stereocenters. The number of hydrogen-bond donors (Lipinski definition) is 0. The van der Waals surface area contributed by atoms with Crippen LogP contribution in [0.5, 0.6) is 5.75 Å². The molecule has 0 saturated carbocycles. The molecular formula is C16H22Cl2N2O3. The van der Waals surface area contributed by atoms with Crippen molar-refractivity contribution in [3.63, 3.8) is 0 Å². The molecule has 128 valence electrons. The van der Waals surface area contributed by atoms with E-state index >= 15 is 0 Å². The third-order valence-electron chi connectivity index (χ3n) is 3.63. The van der Waals surface area contributed by atoms with Gasteiger partial charge in [0.1, 0.15) is 27.3 Å². The van der Waals surface area contributed by atoms with E-state index < -0.39 is 11.2 Å². The highest BCUT2D eigenvalue weighted by molar-refractivity contribution is 6.32. The van der Waals surface area contributed by atoms with Crippen LogP contribution in [0.1, 0.15) is 34.6 Å². The standard InChI is InChI=1S/C16H22Cl2N2O3/c1-15(2,3)23-14(21)20-8-10(9-20)16(4,5)22-11-6-12(17)19-13(18)7-11/h6-7,10H,8-9H2,1-5H3. The molecule has 0 aliphatic carbocycles. The van der Waals surface area contributed by atoms with Crippen LogP contribution in [-0.2, 0) is 4.74 Å². The van der Waals surface area contributed by atoms with Gasteiger partial charge in [0.15, 0.2) is 0 Å². The molecule has 0 unspecified atom stereocenters. The van der Waals surface area contributed by atoms with E-state index in [2.05, 4.69) is 4.98 Å². The highest BCUT2D eigenvalue weighted by Crippen LogP contribution is 2.33. The summed E-state index contributed by atoms with van der Waals surface area (Å²) in [5.74, 6) is 0.761. The average Bonchev–Trinajstić information content (AvgIpc) is 2.19. The zero-order valence-corrected chi connectivity index (χ0v) is 15.5. The Balaban J connectivity index is 1.94. The van der Waals surface area contributed by atoms with Gasteiger partial charge in [-0.3, -0.25) is 0 Å². The van der Waals surface area contributed by atoms with Gasteiger partial charge in [-0.15, -0.1) is 0 Å². The molecule has 1 aromatic rings. The summed E-state index contributed by atoms with van der Waals surface area (Å²) in [6.07, 6.45) is -0.292. The Morgan fingerprint density at radius 2 is 1.70 bits per heavy atom. The Bertz CT molecular complexity index is 573. The first-order valence-corrected chi connectivity index (χ1v) is 8.22. The minimum Gasteiger partial charge on any atom is -0.487 e. The van der Waals surface area contributed by atoms with Crippen LogP contribution in [0.25, 0.3) is 0 Å². The first-order valence-electron chi connectivity index (χ1n) is 7.46. The van der Waals surface area contributed by atoms with Crippen LogP contribution in [0.15, 0.2) is 12.1 Å². The summed E-state index contributed by atoms with van der Waals surface area (Å²) in [6.45, 7) is 10.7. The van der Waals surface area contributed by atoms with Crippen molar-refractivity contribution in [2.24, 2.45) is 5.92 Å². The van der Waals surface area contributed by atoms with Crippen molar-refractivity contribution in [1.82, 2.24) is 9.88 Å². The lowest BCUT2D eigenvalue weighted by Crippen LogP contribution is -2.60. The lowest BCUT2D eigenvalue weighted by Gasteiger charge is -2.47. The van der Waals surface area contributed by atoms with Gasteiger partial charge in [-0.05, 0) is 34.6 Å². The number of hydrogen-bond acceptors (Lipinski definition) is 4. The van der Waals surface area contributed by atoms with Crippen molar-refractivity contribution < 1.29 is 14.3 Å². The van der Waals surface area contributed by atoms with Gasteiger partial charge in [0.05, 0.1) is 0 Å². The number of ether oxygens (including phenoxy) is 2. The average molecular weight is 361 g/mol. The van der Waals surface area contributed by atoms with E-state index in [1.807, 2.05) is 34.6 Å². The summed E-state index contributed by atoms with van der Waals surface area (Å²) in [5.41, 5.74) is -0.953. The molecule has 5 nitrogen and oxygen atoms in total. The van der Waals surface area contributed by atoms with Crippen molar-refractivity contribution in [2.45, 2.75) is 45.8 Å². The number of halogens is 2. The van der Waals surface area contributed by atoms with Gasteiger partial charge in [-0.2, -0.15) is 0 Å². The van der Waals surface area contributed by atoms with Crippen LogP contribution in [-0.4, -0.2) is 40.3 Å². The fourth-order valence-corrected chi connectivity index (χ4v) is 2.72. The first-order chi connectivity index (χ1) is 10.5. The second-order valence-electron chi connectivity index (χ2n) is 7.24. The van der Waals surface area contributed by atoms with Crippen LogP contribution < -0.4 is 4.74 Å². The maximum Gasteiger partial charge on any atom is 0.410 e. The van der Waals surface area contributed by atoms with E-state index in [9.17, 15) is 4.79 Å². The molecule has 7 heteroatoms. The number of aromatic nitrogens is 1. The molecule has 0 N–H and O–H groups in total. The normalized spacial score (nSPS) is 16.0. The number of carbonyl (C=O) groups excluding carboxylic acids is 1. The van der Waals surface area contributed by atoms with Crippen LogP contribution in [0.3, 0.4) is 0 Å². The summed E-state index contributed by atoms with van der Waals surface area (Å²) in [5, 5.41) is 0.569. The number of carbonyl (C=O) groups is 1. The largest absolute Gasteiger partial charge is 0.487 e. The highest BCUT2D eigenvalue weighted by atomic mass is 35.5. The Hall–Kier alpha value is -1.20. The van der Waals surface area contributed by atoms with Gasteiger partial charge >= 0.3 is 6.09 Å². The fraction of sp³-hybridized carbons (Fsp3) is 0.625. The second-order valence-corrected chi connectivity index (χ2v) is 8.01. The lowest BCUT2D eigenvalue weighted by molar-refractivity contribution is -0.0549. The van der Waals surface area contributed by atoms with Crippen LogP contribution in [0, 0.1) is 5.92 Å². The van der Waals surface area contributed by atoms with Gasteiger partial charge in [0, 0.05) is 31.1 Å². The first kappa shape index (κ1) is 18.1. The summed E-state index contributed by atoms with van der Waals surface area (Å²) in [7, 11) is 0. The van der Waals surface area contributed by atoms with Crippen molar-refractivity contribution in [3.8, 4) is 5.75 Å². The lowest BCUT2D eigenvalue weighted by atomic mass is 9.84. The molecule has 0 aromatic carbocycles. The second kappa shape index (κ2) is 6.36. The predicted molar refractivity (Wildman–Crippen MR) is 90.3 cm³/mol. The Kier molecular flexibility index (Phi) is 5.02. The maximum absolute atomic E-state index is 12.0. The zero-order chi connectivity index (χ0) is 17.4. The highest BCUT2D eigenvalue weighted by Gasteiger charge is 2.43. The number of amides is 1. The van der Waals surface area contributed by atoms with Gasteiger partial charge in [-0.25, -0.2) is 9.78 Å². The molecule has 1 aliphatic heterocycles. The topological polar surface area (TPSA) is 51.7 Å². The molecule has 1 aromatic heterocycles. The zero-order valence-electron chi connectivity index (χ0n) is 14.0. The third-order valence-corrected chi connectivity index (χ3v) is 4.02. The van der Waals surface area contributed by atoms with Crippen molar-refractivity contribution in [1.29, 1.82) is 0 Å². The van der Waals surface area contributed by atoms with E-state index in [-0.39, 0.29) is 22.3 Å². The minimum atomic E-state index is -0.487. The van der Waals surface area contributed by atoms with Gasteiger partial charge in [-0.1, -0.05) is 23.2 Å². The smallest absolute Gasteiger partial charge is 0.410 e. The monoisotopic (exact) mass is 360 g/mol. The molecule has 1 amide bonds. The SMILES string of the molecule is CC(C)(C)OC(=O)N1CC(C(C)(C)Oc2cc(Cl)nc(Cl)c2)C1. The molecule has 1 fully saturated rings. The Labute approximate surface area is 146 Å². The number of likely N-dealkylation sites (tertiary alicyclic amines) is 1. The minimum absolute atomic E-state index is 0.195. The molecule has 23 heavy (non-hydrogen) atoms. The quantitative estimate of drug-likeness (QED) is 0.749. The van der Waals surface area contributed by atoms with Crippen LogP contribution >= 0.6 is 23.2 Å². The Morgan fingerprint density at radius 3 is 2.17 bits per heavy atom. The molecular weight excluding hydrogens is 339 g/mol. The molecule has 2 rings (SSSR count). The predicted octanol–water partition coefficient (Wildman–Crippen LogP) is 4.41. The number of pyridine rings is 1. The van der Waals surface area contributed by atoms with Crippen LogP contribution in [0.2, 0.25) is 10.3 Å². The molecule has 0 radical (unpaired) electrons. The van der Waals surface area contributed by atoms with Gasteiger partial charge in [0.25, 0.3) is 0 Å². The third kappa shape index (κ3) is 4.88. The van der Waals surface area contributed by atoms with Crippen molar-refractivity contribution in [3.05, 3.63) is 22.4 Å². The van der Waals surface area contributed by atoms with E-state index in [1.165, 1.54) is 0 Å². The summed E-state index contributed by atoms with van der Waals surface area (Å²) in [6, 6.07) is 3.25. The van der Waals surface area contributed by atoms with E-state index in [4.69, 9.17) is 32.7 Å². The van der Waals surface area contributed by atoms with E-state index in [1.54, 1.807) is 17.0 Å². The number of rotatable bonds is 3. The van der Waals surface area contributed by atoms with E-state index in [0.29, 0.717) is 18.8 Å². The summed E-state index contributed by atoms with van der Waals surface area (Å²) < 4.78 is 11.4. The fourth-order valence-electron chi connectivity index (χ4n) is 2.28. The summed E-state index contributed by atoms with van der Waals surface area (Å²) in [4.78, 5) is 17.5. The molecule has 1 aliphatic rings. The van der Waals surface area contributed by atoms with E-state index in [0.717, 1.165) is 0 Å². The van der Waals surface area contributed by atoms with Gasteiger partial charge < -0.3 is 14.4 Å². The Morgan fingerprint density at radius 1 is 1.17 bits per heavy atom. The number of nitrogens with zero attached hydrogens (tertiary/aromatic N) is 2. The molecule has 2 heterocycles. The molecule has 0 spiro atoms. The summed E-state index contributed by atoms with van der Waals surface area (Å²) >= 11 is 11.8. The maximum atomic E-state index is 12.0. The van der Waals surface area contributed by atoms with Crippen LogP contribution in [0.4, 0.5) is 4.79 Å². The molecule has 1 saturated heterocycles.